The van der Waals surface area contributed by atoms with E-state index in [2.05, 4.69) is 12.2 Å². The Morgan fingerprint density at radius 1 is 1.30 bits per heavy atom. The summed E-state index contributed by atoms with van der Waals surface area (Å²) in [5, 5.41) is 3.60. The van der Waals surface area contributed by atoms with Crippen molar-refractivity contribution in [2.75, 3.05) is 13.7 Å². The molecule has 1 N–H and O–H groups in total. The molecule has 0 aromatic heterocycles. The van der Waals surface area contributed by atoms with E-state index in [1.807, 2.05) is 6.07 Å². The van der Waals surface area contributed by atoms with Gasteiger partial charge in [0.2, 0.25) is 0 Å². The van der Waals surface area contributed by atoms with E-state index in [1.54, 1.807) is 12.1 Å². The van der Waals surface area contributed by atoms with Crippen LogP contribution in [-0.4, -0.2) is 19.7 Å². The van der Waals surface area contributed by atoms with Crippen LogP contribution in [0.5, 0.6) is 5.75 Å². The first-order valence-electron chi connectivity index (χ1n) is 7.80. The van der Waals surface area contributed by atoms with E-state index in [0.29, 0.717) is 11.8 Å². The van der Waals surface area contributed by atoms with Gasteiger partial charge in [0.05, 0.1) is 7.11 Å². The fourth-order valence-corrected chi connectivity index (χ4v) is 3.30. The Kier molecular flexibility index (Phi) is 5.84. The second-order valence-electron chi connectivity index (χ2n) is 5.74. The summed E-state index contributed by atoms with van der Waals surface area (Å²) in [5.41, 5.74) is 1.06. The summed E-state index contributed by atoms with van der Waals surface area (Å²) in [6.07, 6.45) is 7.55. The van der Waals surface area contributed by atoms with Crippen molar-refractivity contribution < 1.29 is 9.13 Å². The van der Waals surface area contributed by atoms with Crippen LogP contribution in [0.25, 0.3) is 0 Å². The smallest absolute Gasteiger partial charge is 0.165 e. The average molecular weight is 279 g/mol. The van der Waals surface area contributed by atoms with Gasteiger partial charge in [-0.1, -0.05) is 32.3 Å². The second kappa shape index (κ2) is 7.63. The normalized spacial score (nSPS) is 17.9. The molecule has 2 nitrogen and oxygen atoms in total. The lowest BCUT2D eigenvalue weighted by molar-refractivity contribution is 0.269. The van der Waals surface area contributed by atoms with Crippen LogP contribution in [0.3, 0.4) is 0 Å². The van der Waals surface area contributed by atoms with Crippen molar-refractivity contribution in [2.24, 2.45) is 5.92 Å². The zero-order valence-electron chi connectivity index (χ0n) is 12.6. The summed E-state index contributed by atoms with van der Waals surface area (Å²) in [4.78, 5) is 0. The summed E-state index contributed by atoms with van der Waals surface area (Å²) in [6.45, 7) is 3.12. The zero-order chi connectivity index (χ0) is 14.4. The number of rotatable bonds is 6. The van der Waals surface area contributed by atoms with Gasteiger partial charge in [0.1, 0.15) is 0 Å². The van der Waals surface area contributed by atoms with Gasteiger partial charge in [-0.3, -0.25) is 0 Å². The Morgan fingerprint density at radius 2 is 2.05 bits per heavy atom. The van der Waals surface area contributed by atoms with E-state index in [4.69, 9.17) is 4.74 Å². The highest BCUT2D eigenvalue weighted by molar-refractivity contribution is 5.29. The monoisotopic (exact) mass is 279 g/mol. The van der Waals surface area contributed by atoms with Gasteiger partial charge < -0.3 is 10.1 Å². The molecule has 0 radical (unpaired) electrons. The number of methoxy groups -OCH3 is 1. The lowest BCUT2D eigenvalue weighted by Crippen LogP contribution is -2.39. The van der Waals surface area contributed by atoms with E-state index >= 15 is 0 Å². The second-order valence-corrected chi connectivity index (χ2v) is 5.74. The molecule has 1 saturated carbocycles. The summed E-state index contributed by atoms with van der Waals surface area (Å²) in [5.74, 6) is 0.796. The van der Waals surface area contributed by atoms with Gasteiger partial charge in [-0.25, -0.2) is 4.39 Å². The third kappa shape index (κ3) is 3.95. The van der Waals surface area contributed by atoms with Crippen LogP contribution < -0.4 is 10.1 Å². The molecule has 1 aliphatic rings. The van der Waals surface area contributed by atoms with Gasteiger partial charge in [-0.15, -0.1) is 0 Å². The lowest BCUT2D eigenvalue weighted by Gasteiger charge is -2.31. The minimum Gasteiger partial charge on any atom is -0.494 e. The number of benzene rings is 1. The highest BCUT2D eigenvalue weighted by Crippen LogP contribution is 2.28. The first-order chi connectivity index (χ1) is 9.74. The number of hydrogen-bond donors (Lipinski definition) is 1. The van der Waals surface area contributed by atoms with Gasteiger partial charge in [-0.05, 0) is 49.4 Å². The van der Waals surface area contributed by atoms with E-state index in [1.165, 1.54) is 39.2 Å². The standard InChI is InChI=1S/C17H26FNO/c1-3-19-16(14-7-5-4-6-8-14)12-13-9-10-17(20-2)15(18)11-13/h9-11,14,16,19H,3-8,12H2,1-2H3. The van der Waals surface area contributed by atoms with E-state index in [0.717, 1.165) is 24.4 Å². The molecule has 20 heavy (non-hydrogen) atoms. The Morgan fingerprint density at radius 3 is 2.65 bits per heavy atom. The molecule has 0 saturated heterocycles. The Balaban J connectivity index is 2.04. The van der Waals surface area contributed by atoms with Gasteiger partial charge in [0.25, 0.3) is 0 Å². The fourth-order valence-electron chi connectivity index (χ4n) is 3.30. The van der Waals surface area contributed by atoms with Gasteiger partial charge in [0, 0.05) is 6.04 Å². The van der Waals surface area contributed by atoms with Crippen LogP contribution in [0.15, 0.2) is 18.2 Å². The molecule has 0 heterocycles. The maximum absolute atomic E-state index is 13.8. The molecule has 0 amide bonds. The summed E-state index contributed by atoms with van der Waals surface area (Å²) in [7, 11) is 1.50. The molecule has 1 aliphatic carbocycles. The average Bonchev–Trinajstić information content (AvgIpc) is 2.48. The predicted octanol–water partition coefficient (Wildman–Crippen LogP) is 3.94. The predicted molar refractivity (Wildman–Crippen MR) is 80.7 cm³/mol. The minimum atomic E-state index is -0.260. The number of halogens is 1. The number of nitrogens with one attached hydrogen (secondary N) is 1. The van der Waals surface area contributed by atoms with E-state index in [9.17, 15) is 4.39 Å². The summed E-state index contributed by atoms with van der Waals surface area (Å²) >= 11 is 0. The van der Waals surface area contributed by atoms with Crippen LogP contribution in [-0.2, 0) is 6.42 Å². The molecule has 2 rings (SSSR count). The topological polar surface area (TPSA) is 21.3 Å². The Labute approximate surface area is 121 Å². The van der Waals surface area contributed by atoms with Crippen LogP contribution in [0.2, 0.25) is 0 Å². The molecule has 1 aromatic rings. The molecular weight excluding hydrogens is 253 g/mol. The van der Waals surface area contributed by atoms with Crippen molar-refractivity contribution in [1.29, 1.82) is 0 Å². The van der Waals surface area contributed by atoms with Crippen molar-refractivity contribution >= 4 is 0 Å². The first kappa shape index (κ1) is 15.3. The number of ether oxygens (including phenoxy) is 1. The molecule has 0 spiro atoms. The molecule has 1 unspecified atom stereocenters. The highest BCUT2D eigenvalue weighted by atomic mass is 19.1. The molecule has 0 bridgehead atoms. The van der Waals surface area contributed by atoms with Crippen LogP contribution in [0.1, 0.15) is 44.6 Å². The molecular formula is C17H26FNO. The zero-order valence-corrected chi connectivity index (χ0v) is 12.6. The number of hydrogen-bond acceptors (Lipinski definition) is 2. The van der Waals surface area contributed by atoms with Crippen molar-refractivity contribution in [1.82, 2.24) is 5.32 Å². The van der Waals surface area contributed by atoms with Crippen LogP contribution in [0, 0.1) is 11.7 Å². The molecule has 1 atom stereocenters. The summed E-state index contributed by atoms with van der Waals surface area (Å²) < 4.78 is 18.8. The van der Waals surface area contributed by atoms with Gasteiger partial charge >= 0.3 is 0 Å². The van der Waals surface area contributed by atoms with Crippen molar-refractivity contribution in [3.63, 3.8) is 0 Å². The maximum atomic E-state index is 13.8. The Bertz CT molecular complexity index is 415. The maximum Gasteiger partial charge on any atom is 0.165 e. The quantitative estimate of drug-likeness (QED) is 0.851. The van der Waals surface area contributed by atoms with Crippen molar-refractivity contribution in [2.45, 2.75) is 51.5 Å². The van der Waals surface area contributed by atoms with Crippen LogP contribution >= 0.6 is 0 Å². The first-order valence-corrected chi connectivity index (χ1v) is 7.80. The number of likely N-dealkylation sites (N-methyl/N-ethyl adjacent to an activating group) is 1. The SMILES string of the molecule is CCNC(Cc1ccc(OC)c(F)c1)C1CCCCC1. The molecule has 1 aromatic carbocycles. The lowest BCUT2D eigenvalue weighted by atomic mass is 9.81. The van der Waals surface area contributed by atoms with Crippen LogP contribution in [0.4, 0.5) is 4.39 Å². The van der Waals surface area contributed by atoms with Gasteiger partial charge in [-0.2, -0.15) is 0 Å². The van der Waals surface area contributed by atoms with Gasteiger partial charge in [0.15, 0.2) is 11.6 Å². The fraction of sp³-hybridized carbons (Fsp3) is 0.647. The van der Waals surface area contributed by atoms with Crippen molar-refractivity contribution in [3.8, 4) is 5.75 Å². The minimum absolute atomic E-state index is 0.260. The van der Waals surface area contributed by atoms with Crippen molar-refractivity contribution in [3.05, 3.63) is 29.6 Å². The third-order valence-electron chi connectivity index (χ3n) is 4.36. The van der Waals surface area contributed by atoms with E-state index < -0.39 is 0 Å². The Hall–Kier alpha value is -1.09. The largest absolute Gasteiger partial charge is 0.494 e. The summed E-state index contributed by atoms with van der Waals surface area (Å²) in [6, 6.07) is 5.79. The van der Waals surface area contributed by atoms with E-state index in [-0.39, 0.29) is 5.82 Å². The third-order valence-corrected chi connectivity index (χ3v) is 4.36. The molecule has 3 heteroatoms. The molecule has 112 valence electrons. The molecule has 1 fully saturated rings. The molecule has 0 aliphatic heterocycles. The highest BCUT2D eigenvalue weighted by Gasteiger charge is 2.23.